The number of nitrogens with one attached hydrogen (secondary N) is 2. The van der Waals surface area contributed by atoms with Crippen molar-refractivity contribution in [1.29, 1.82) is 0 Å². The zero-order chi connectivity index (χ0) is 24.2. The molecule has 0 radical (unpaired) electrons. The molecule has 0 saturated carbocycles. The monoisotopic (exact) mass is 500 g/mol. The highest BCUT2D eigenvalue weighted by atomic mass is 35.5. The first kappa shape index (κ1) is 22.1. The Hall–Kier alpha value is -3.66. The van der Waals surface area contributed by atoms with E-state index in [2.05, 4.69) is 15.3 Å². The van der Waals surface area contributed by atoms with Crippen molar-refractivity contribution in [3.05, 3.63) is 87.2 Å². The molecule has 1 unspecified atom stereocenters. The fourth-order valence-corrected chi connectivity index (χ4v) is 4.31. The van der Waals surface area contributed by atoms with Crippen LogP contribution in [-0.2, 0) is 5.72 Å². The van der Waals surface area contributed by atoms with E-state index in [9.17, 15) is 14.7 Å². The smallest absolute Gasteiger partial charge is 0.375 e. The topological polar surface area (TPSA) is 108 Å². The summed E-state index contributed by atoms with van der Waals surface area (Å²) >= 11 is 12.0. The molecule has 172 valence electrons. The van der Waals surface area contributed by atoms with Gasteiger partial charge in [0.1, 0.15) is 5.82 Å². The van der Waals surface area contributed by atoms with E-state index in [1.165, 1.54) is 19.2 Å². The Balaban J connectivity index is 1.71. The molecule has 0 bridgehead atoms. The Morgan fingerprint density at radius 2 is 1.91 bits per heavy atom. The third-order valence-electron chi connectivity index (χ3n) is 5.55. The van der Waals surface area contributed by atoms with E-state index >= 15 is 4.39 Å². The SMILES string of the molecule is CNC(=O)Oc1nc2ccc(C3(O)c4ccccc4C(=O)N3c3cc(Cl)c(Cl)cc3F)cc2[nH]1. The molecule has 0 aliphatic carbocycles. The first-order valence-corrected chi connectivity index (χ1v) is 10.7. The highest BCUT2D eigenvalue weighted by molar-refractivity contribution is 6.42. The molecule has 0 spiro atoms. The Morgan fingerprint density at radius 3 is 2.68 bits per heavy atom. The lowest BCUT2D eigenvalue weighted by Gasteiger charge is -2.35. The number of ether oxygens (including phenoxy) is 1. The van der Waals surface area contributed by atoms with Gasteiger partial charge in [0, 0.05) is 23.7 Å². The van der Waals surface area contributed by atoms with E-state index in [1.54, 1.807) is 36.4 Å². The first-order chi connectivity index (χ1) is 16.2. The van der Waals surface area contributed by atoms with Crippen LogP contribution >= 0.6 is 23.2 Å². The Bertz CT molecular complexity index is 1490. The van der Waals surface area contributed by atoms with Crippen LogP contribution in [0.3, 0.4) is 0 Å². The number of anilines is 1. The standard InChI is InChI=1S/C23H15Cl2FN4O4/c1-27-22(32)34-21-28-17-7-6-11(8-18(17)29-21)23(33)13-5-3-2-4-12(13)20(31)30(23)19-10-15(25)14(24)9-16(19)26/h2-10,33H,1H3,(H,27,32)(H,28,29). The number of amides is 2. The van der Waals surface area contributed by atoms with E-state index in [4.69, 9.17) is 27.9 Å². The number of imidazole rings is 1. The van der Waals surface area contributed by atoms with Crippen molar-refractivity contribution >= 4 is 51.9 Å². The molecule has 1 atom stereocenters. The molecule has 3 N–H and O–H groups in total. The average Bonchev–Trinajstić information content (AvgIpc) is 3.32. The predicted octanol–water partition coefficient (Wildman–Crippen LogP) is 4.58. The lowest BCUT2D eigenvalue weighted by Crippen LogP contribution is -2.45. The largest absolute Gasteiger partial charge is 0.414 e. The van der Waals surface area contributed by atoms with Crippen LogP contribution in [0.15, 0.2) is 54.6 Å². The minimum Gasteiger partial charge on any atom is -0.375 e. The molecule has 0 saturated heterocycles. The van der Waals surface area contributed by atoms with Crippen LogP contribution in [0.1, 0.15) is 21.5 Å². The maximum Gasteiger partial charge on any atom is 0.414 e. The predicted molar refractivity (Wildman–Crippen MR) is 124 cm³/mol. The lowest BCUT2D eigenvalue weighted by molar-refractivity contribution is 0.0699. The molecule has 2 amide bonds. The summed E-state index contributed by atoms with van der Waals surface area (Å²) in [5.41, 5.74) is -0.792. The molecule has 34 heavy (non-hydrogen) atoms. The third kappa shape index (κ3) is 3.28. The van der Waals surface area contributed by atoms with E-state index in [0.717, 1.165) is 11.0 Å². The number of benzene rings is 3. The van der Waals surface area contributed by atoms with Crippen LogP contribution in [0.2, 0.25) is 10.0 Å². The van der Waals surface area contributed by atoms with E-state index < -0.39 is 23.5 Å². The number of carbonyl (C=O) groups excluding carboxylic acids is 2. The zero-order valence-corrected chi connectivity index (χ0v) is 18.9. The summed E-state index contributed by atoms with van der Waals surface area (Å²) in [5.74, 6) is -1.46. The van der Waals surface area contributed by atoms with Crippen LogP contribution in [0.25, 0.3) is 11.0 Å². The van der Waals surface area contributed by atoms with Crippen molar-refractivity contribution in [1.82, 2.24) is 15.3 Å². The molecule has 11 heteroatoms. The average molecular weight is 501 g/mol. The van der Waals surface area contributed by atoms with Gasteiger partial charge in [-0.05, 0) is 30.3 Å². The van der Waals surface area contributed by atoms with Crippen LogP contribution in [0.4, 0.5) is 14.9 Å². The Kier molecular flexibility index (Phi) is 5.20. The fourth-order valence-electron chi connectivity index (χ4n) is 4.00. The van der Waals surface area contributed by atoms with Gasteiger partial charge in [0.25, 0.3) is 5.91 Å². The summed E-state index contributed by atoms with van der Waals surface area (Å²) in [6.07, 6.45) is -0.713. The minimum atomic E-state index is -2.09. The highest BCUT2D eigenvalue weighted by Gasteiger charge is 2.51. The van der Waals surface area contributed by atoms with Gasteiger partial charge < -0.3 is 20.1 Å². The summed E-state index contributed by atoms with van der Waals surface area (Å²) in [6, 6.07) is 13.2. The molecule has 8 nitrogen and oxygen atoms in total. The number of rotatable bonds is 3. The van der Waals surface area contributed by atoms with Crippen molar-refractivity contribution in [2.24, 2.45) is 0 Å². The zero-order valence-electron chi connectivity index (χ0n) is 17.4. The number of H-pyrrole nitrogens is 1. The van der Waals surface area contributed by atoms with Crippen molar-refractivity contribution in [3.63, 3.8) is 0 Å². The van der Waals surface area contributed by atoms with E-state index in [0.29, 0.717) is 11.0 Å². The first-order valence-electron chi connectivity index (χ1n) is 9.95. The molecule has 2 heterocycles. The van der Waals surface area contributed by atoms with Crippen molar-refractivity contribution in [3.8, 4) is 6.01 Å². The Morgan fingerprint density at radius 1 is 1.18 bits per heavy atom. The molecule has 3 aromatic carbocycles. The number of hydrogen-bond acceptors (Lipinski definition) is 5. The maximum atomic E-state index is 15.0. The summed E-state index contributed by atoms with van der Waals surface area (Å²) in [6.45, 7) is 0. The molecular weight excluding hydrogens is 486 g/mol. The molecule has 1 aliphatic rings. The van der Waals surface area contributed by atoms with Crippen LogP contribution < -0.4 is 15.0 Å². The number of aromatic nitrogens is 2. The van der Waals surface area contributed by atoms with Crippen LogP contribution in [0, 0.1) is 5.82 Å². The van der Waals surface area contributed by atoms with Crippen LogP contribution in [-0.4, -0.2) is 34.1 Å². The number of carbonyl (C=O) groups is 2. The molecule has 4 aromatic rings. The Labute approximate surface area is 201 Å². The van der Waals surface area contributed by atoms with Crippen molar-refractivity contribution in [2.45, 2.75) is 5.72 Å². The van der Waals surface area contributed by atoms with Gasteiger partial charge in [-0.15, -0.1) is 0 Å². The second-order valence-electron chi connectivity index (χ2n) is 7.49. The molecule has 1 aliphatic heterocycles. The summed E-state index contributed by atoms with van der Waals surface area (Å²) in [5, 5.41) is 14.4. The number of fused-ring (bicyclic) bond motifs is 2. The number of aliphatic hydroxyl groups is 1. The summed E-state index contributed by atoms with van der Waals surface area (Å²) in [7, 11) is 1.41. The number of nitrogens with zero attached hydrogens (tertiary/aromatic N) is 2. The fraction of sp³-hybridized carbons (Fsp3) is 0.0870. The van der Waals surface area contributed by atoms with E-state index in [-0.39, 0.29) is 38.4 Å². The molecule has 0 fully saturated rings. The van der Waals surface area contributed by atoms with Gasteiger partial charge in [0.05, 0.1) is 26.8 Å². The van der Waals surface area contributed by atoms with Gasteiger partial charge in [-0.3, -0.25) is 9.69 Å². The van der Waals surface area contributed by atoms with Crippen LogP contribution in [0.5, 0.6) is 6.01 Å². The lowest BCUT2D eigenvalue weighted by atomic mass is 9.93. The number of halogens is 3. The van der Waals surface area contributed by atoms with Gasteiger partial charge in [-0.25, -0.2) is 9.18 Å². The summed E-state index contributed by atoms with van der Waals surface area (Å²) in [4.78, 5) is 32.9. The molecule has 1 aromatic heterocycles. The van der Waals surface area contributed by atoms with Crippen molar-refractivity contribution < 1.29 is 23.8 Å². The normalized spacial score (nSPS) is 17.2. The van der Waals surface area contributed by atoms with Gasteiger partial charge in [0.15, 0.2) is 5.72 Å². The minimum absolute atomic E-state index is 0.0178. The molecular formula is C23H15Cl2FN4O4. The number of aromatic amines is 1. The maximum absolute atomic E-state index is 15.0. The van der Waals surface area contributed by atoms with Gasteiger partial charge in [-0.2, -0.15) is 4.98 Å². The van der Waals surface area contributed by atoms with E-state index in [1.807, 2.05) is 0 Å². The van der Waals surface area contributed by atoms with Crippen molar-refractivity contribution in [2.75, 3.05) is 11.9 Å². The van der Waals surface area contributed by atoms with Gasteiger partial charge in [-0.1, -0.05) is 47.5 Å². The highest BCUT2D eigenvalue weighted by Crippen LogP contribution is 2.47. The second-order valence-corrected chi connectivity index (χ2v) is 8.30. The van der Waals surface area contributed by atoms with Gasteiger partial charge >= 0.3 is 12.1 Å². The second kappa shape index (κ2) is 7.98. The quantitative estimate of drug-likeness (QED) is 0.357. The summed E-state index contributed by atoms with van der Waals surface area (Å²) < 4.78 is 20.1. The number of hydrogen-bond donors (Lipinski definition) is 3. The molecule has 5 rings (SSSR count). The van der Waals surface area contributed by atoms with Gasteiger partial charge in [0.2, 0.25) is 0 Å². The third-order valence-corrected chi connectivity index (χ3v) is 6.27.